The Morgan fingerprint density at radius 2 is 1.80 bits per heavy atom. The first-order valence-electron chi connectivity index (χ1n) is 5.82. The second-order valence-corrected chi connectivity index (χ2v) is 8.41. The van der Waals surface area contributed by atoms with Crippen LogP contribution in [0.25, 0.3) is 0 Å². The molecule has 0 radical (unpaired) electrons. The maximum atomic E-state index is 5.76. The Bertz CT molecular complexity index is 244. The van der Waals surface area contributed by atoms with E-state index < -0.39 is 6.49 Å². The van der Waals surface area contributed by atoms with Crippen molar-refractivity contribution in [2.24, 2.45) is 11.8 Å². The number of hydrogen-bond acceptors (Lipinski definition) is 4. The zero-order valence-corrected chi connectivity index (χ0v) is 11.0. The summed E-state index contributed by atoms with van der Waals surface area (Å²) in [6.07, 6.45) is 3.38. The molecule has 2 aliphatic heterocycles. The fraction of sp³-hybridized carbons (Fsp3) is 1.00. The van der Waals surface area contributed by atoms with Crippen LogP contribution in [0.1, 0.15) is 19.8 Å². The van der Waals surface area contributed by atoms with Gasteiger partial charge in [0.1, 0.15) is 0 Å². The molecular formula is C10H20NO2PS. The topological polar surface area (TPSA) is 30.5 Å². The van der Waals surface area contributed by atoms with Gasteiger partial charge in [-0.3, -0.25) is 0 Å². The summed E-state index contributed by atoms with van der Waals surface area (Å²) in [6.45, 7) is 4.14. The molecule has 0 saturated carbocycles. The summed E-state index contributed by atoms with van der Waals surface area (Å²) in [7, 11) is 0. The molecule has 3 nitrogen and oxygen atoms in total. The Balaban J connectivity index is 1.84. The Hall–Kier alpha value is 0.530. The molecule has 2 aliphatic rings. The normalized spacial score (nSPS) is 39.1. The maximum absolute atomic E-state index is 5.76. The van der Waals surface area contributed by atoms with E-state index in [2.05, 4.69) is 12.2 Å². The van der Waals surface area contributed by atoms with Gasteiger partial charge in [-0.2, -0.15) is 0 Å². The molecule has 15 heavy (non-hydrogen) atoms. The lowest BCUT2D eigenvalue weighted by atomic mass is 9.86. The zero-order valence-electron chi connectivity index (χ0n) is 9.28. The SMILES string of the molecule is CCP1(=S)OCC(C2CCNCC2)CO1. The minimum absolute atomic E-state index is 0.578. The second-order valence-electron chi connectivity index (χ2n) is 4.37. The third kappa shape index (κ3) is 3.01. The van der Waals surface area contributed by atoms with Gasteiger partial charge in [-0.15, -0.1) is 0 Å². The first-order chi connectivity index (χ1) is 7.23. The lowest BCUT2D eigenvalue weighted by Gasteiger charge is -2.37. The van der Waals surface area contributed by atoms with Crippen LogP contribution < -0.4 is 5.32 Å². The molecule has 0 amide bonds. The van der Waals surface area contributed by atoms with Crippen molar-refractivity contribution in [3.63, 3.8) is 0 Å². The highest BCUT2D eigenvalue weighted by Gasteiger charge is 2.32. The van der Waals surface area contributed by atoms with Gasteiger partial charge in [-0.1, -0.05) is 6.92 Å². The molecule has 2 saturated heterocycles. The van der Waals surface area contributed by atoms with E-state index in [1.807, 2.05) is 0 Å². The van der Waals surface area contributed by atoms with Crippen LogP contribution in [-0.2, 0) is 20.9 Å². The van der Waals surface area contributed by atoms with Crippen LogP contribution in [0.2, 0.25) is 0 Å². The number of piperidine rings is 1. The van der Waals surface area contributed by atoms with Crippen LogP contribution in [0.15, 0.2) is 0 Å². The van der Waals surface area contributed by atoms with E-state index >= 15 is 0 Å². The van der Waals surface area contributed by atoms with Gasteiger partial charge in [0.2, 0.25) is 0 Å². The molecule has 0 bridgehead atoms. The Labute approximate surface area is 97.1 Å². The Morgan fingerprint density at radius 3 is 2.33 bits per heavy atom. The Morgan fingerprint density at radius 1 is 1.20 bits per heavy atom. The highest BCUT2D eigenvalue weighted by atomic mass is 32.5. The minimum atomic E-state index is -1.87. The van der Waals surface area contributed by atoms with Gasteiger partial charge in [-0.25, -0.2) is 0 Å². The summed E-state index contributed by atoms with van der Waals surface area (Å²) >= 11 is 5.36. The summed E-state index contributed by atoms with van der Waals surface area (Å²) in [5.41, 5.74) is 0. The van der Waals surface area contributed by atoms with Crippen molar-refractivity contribution in [2.75, 3.05) is 32.5 Å². The standard InChI is InChI=1S/C10H20NO2PS/c1-2-14(15)12-7-10(8-13-14)9-3-5-11-6-4-9/h9-11H,2-8H2,1H3. The minimum Gasteiger partial charge on any atom is -0.329 e. The van der Waals surface area contributed by atoms with Gasteiger partial charge in [-0.05, 0) is 43.7 Å². The molecule has 88 valence electrons. The molecule has 0 aromatic carbocycles. The van der Waals surface area contributed by atoms with Gasteiger partial charge < -0.3 is 14.4 Å². The van der Waals surface area contributed by atoms with E-state index in [4.69, 9.17) is 20.9 Å². The van der Waals surface area contributed by atoms with Crippen LogP contribution >= 0.6 is 6.49 Å². The fourth-order valence-electron chi connectivity index (χ4n) is 2.27. The number of rotatable bonds is 2. The van der Waals surface area contributed by atoms with Crippen molar-refractivity contribution >= 4 is 18.3 Å². The molecule has 0 aromatic heterocycles. The largest absolute Gasteiger partial charge is 0.329 e. The van der Waals surface area contributed by atoms with Crippen molar-refractivity contribution in [1.82, 2.24) is 5.32 Å². The van der Waals surface area contributed by atoms with Crippen molar-refractivity contribution in [2.45, 2.75) is 19.8 Å². The molecule has 0 atom stereocenters. The summed E-state index contributed by atoms with van der Waals surface area (Å²) < 4.78 is 11.5. The van der Waals surface area contributed by atoms with Crippen molar-refractivity contribution in [3.8, 4) is 0 Å². The quantitative estimate of drug-likeness (QED) is 0.758. The van der Waals surface area contributed by atoms with E-state index in [9.17, 15) is 0 Å². The molecule has 2 rings (SSSR count). The average Bonchev–Trinajstić information content (AvgIpc) is 2.31. The van der Waals surface area contributed by atoms with Crippen molar-refractivity contribution < 1.29 is 9.05 Å². The molecule has 2 fully saturated rings. The lowest BCUT2D eigenvalue weighted by molar-refractivity contribution is 0.0695. The molecule has 5 heteroatoms. The van der Waals surface area contributed by atoms with E-state index in [1.165, 1.54) is 12.8 Å². The van der Waals surface area contributed by atoms with Crippen LogP contribution in [-0.4, -0.2) is 32.5 Å². The first-order valence-corrected chi connectivity index (χ1v) is 8.65. The van der Waals surface area contributed by atoms with Crippen LogP contribution in [0, 0.1) is 11.8 Å². The predicted octanol–water partition coefficient (Wildman–Crippen LogP) is 1.98. The molecular weight excluding hydrogens is 229 g/mol. The van der Waals surface area contributed by atoms with Crippen LogP contribution in [0.3, 0.4) is 0 Å². The molecule has 1 N–H and O–H groups in total. The maximum Gasteiger partial charge on any atom is 0.188 e. The first kappa shape index (κ1) is 12.0. The molecule has 0 spiro atoms. The zero-order chi connectivity index (χ0) is 10.7. The van der Waals surface area contributed by atoms with Crippen molar-refractivity contribution in [1.29, 1.82) is 0 Å². The fourth-order valence-corrected chi connectivity index (χ4v) is 3.92. The average molecular weight is 249 g/mol. The van der Waals surface area contributed by atoms with Crippen LogP contribution in [0.4, 0.5) is 0 Å². The molecule has 2 heterocycles. The van der Waals surface area contributed by atoms with Gasteiger partial charge in [0.15, 0.2) is 6.49 Å². The van der Waals surface area contributed by atoms with Gasteiger partial charge in [0.05, 0.1) is 13.2 Å². The van der Waals surface area contributed by atoms with E-state index in [1.54, 1.807) is 0 Å². The third-order valence-electron chi connectivity index (χ3n) is 3.41. The monoisotopic (exact) mass is 249 g/mol. The number of nitrogens with one attached hydrogen (secondary N) is 1. The highest BCUT2D eigenvalue weighted by Crippen LogP contribution is 2.52. The summed E-state index contributed by atoms with van der Waals surface area (Å²) in [4.78, 5) is 0. The lowest BCUT2D eigenvalue weighted by Crippen LogP contribution is -2.36. The summed E-state index contributed by atoms with van der Waals surface area (Å²) in [6, 6.07) is 0. The second kappa shape index (κ2) is 5.24. The molecule has 0 aliphatic carbocycles. The predicted molar refractivity (Wildman–Crippen MR) is 65.8 cm³/mol. The summed E-state index contributed by atoms with van der Waals surface area (Å²) in [5.74, 6) is 1.35. The van der Waals surface area contributed by atoms with Crippen molar-refractivity contribution in [3.05, 3.63) is 0 Å². The smallest absolute Gasteiger partial charge is 0.188 e. The van der Waals surface area contributed by atoms with Crippen LogP contribution in [0.5, 0.6) is 0 Å². The molecule has 0 aromatic rings. The summed E-state index contributed by atoms with van der Waals surface area (Å²) in [5, 5.41) is 3.39. The van der Waals surface area contributed by atoms with E-state index in [0.29, 0.717) is 5.92 Å². The van der Waals surface area contributed by atoms with Gasteiger partial charge >= 0.3 is 0 Å². The van der Waals surface area contributed by atoms with E-state index in [-0.39, 0.29) is 0 Å². The number of hydrogen-bond donors (Lipinski definition) is 1. The van der Waals surface area contributed by atoms with Gasteiger partial charge in [0.25, 0.3) is 0 Å². The van der Waals surface area contributed by atoms with Gasteiger partial charge in [0, 0.05) is 12.1 Å². The third-order valence-corrected chi connectivity index (χ3v) is 6.67. The molecule has 0 unspecified atom stereocenters. The highest BCUT2D eigenvalue weighted by molar-refractivity contribution is 8.09. The van der Waals surface area contributed by atoms with E-state index in [0.717, 1.165) is 38.4 Å². The Kier molecular flexibility index (Phi) is 4.19.